The van der Waals surface area contributed by atoms with E-state index in [0.717, 1.165) is 10.5 Å². The van der Waals surface area contributed by atoms with Crippen molar-refractivity contribution < 1.29 is 18.7 Å². The van der Waals surface area contributed by atoms with Crippen LogP contribution in [0.25, 0.3) is 0 Å². The second-order valence-corrected chi connectivity index (χ2v) is 8.14. The number of pyridine rings is 1. The molecule has 0 fully saturated rings. The number of carbonyl (C=O) groups is 1. The Morgan fingerprint density at radius 1 is 1.03 bits per heavy atom. The van der Waals surface area contributed by atoms with Crippen LogP contribution in [0.3, 0.4) is 0 Å². The highest BCUT2D eigenvalue weighted by molar-refractivity contribution is 7.98. The summed E-state index contributed by atoms with van der Waals surface area (Å²) in [6.45, 7) is 3.81. The van der Waals surface area contributed by atoms with E-state index in [0.29, 0.717) is 27.9 Å². The van der Waals surface area contributed by atoms with Gasteiger partial charge in [0.2, 0.25) is 5.88 Å². The van der Waals surface area contributed by atoms with E-state index >= 15 is 0 Å². The topological polar surface area (TPSA) is 48.4 Å². The van der Waals surface area contributed by atoms with E-state index in [1.807, 2.05) is 6.07 Å². The molecule has 3 rings (SSSR count). The number of thioether (sulfide) groups is 1. The Balaban J connectivity index is 1.50. The van der Waals surface area contributed by atoms with Gasteiger partial charge in [0, 0.05) is 23.1 Å². The third-order valence-electron chi connectivity index (χ3n) is 4.07. The zero-order chi connectivity index (χ0) is 22.2. The lowest BCUT2D eigenvalue weighted by Gasteiger charge is -2.10. The summed E-state index contributed by atoms with van der Waals surface area (Å²) in [5, 5.41) is 1.13. The van der Waals surface area contributed by atoms with Crippen molar-refractivity contribution in [2.75, 3.05) is 6.61 Å². The smallest absolute Gasteiger partial charge is 0.379 e. The molecule has 0 unspecified atom stereocenters. The fourth-order valence-corrected chi connectivity index (χ4v) is 4.10. The lowest BCUT2D eigenvalue weighted by Crippen LogP contribution is -2.15. The van der Waals surface area contributed by atoms with Gasteiger partial charge in [0.25, 0.3) is 0 Å². The highest BCUT2D eigenvalue weighted by Crippen LogP contribution is 2.35. The van der Waals surface area contributed by atoms with Gasteiger partial charge in [0.15, 0.2) is 5.76 Å². The number of aromatic nitrogens is 1. The molecule has 1 heterocycles. The van der Waals surface area contributed by atoms with E-state index in [2.05, 4.69) is 11.6 Å². The number of hydrogen-bond acceptors (Lipinski definition) is 5. The van der Waals surface area contributed by atoms with Crippen LogP contribution in [0, 0.1) is 5.82 Å². The molecule has 0 aliphatic carbocycles. The third-order valence-corrected chi connectivity index (χ3v) is 6.09. The number of nitrogens with zero attached hydrogens (tertiary/aromatic N) is 1. The minimum absolute atomic E-state index is 0.133. The molecule has 4 nitrogen and oxygen atoms in total. The predicted molar refractivity (Wildman–Crippen MR) is 121 cm³/mol. The molecule has 0 N–H and O–H groups in total. The Morgan fingerprint density at radius 2 is 1.71 bits per heavy atom. The van der Waals surface area contributed by atoms with Gasteiger partial charge in [-0.2, -0.15) is 0 Å². The van der Waals surface area contributed by atoms with Crippen molar-refractivity contribution >= 4 is 40.9 Å². The van der Waals surface area contributed by atoms with Gasteiger partial charge in [0.1, 0.15) is 5.82 Å². The minimum atomic E-state index is -0.731. The molecule has 0 bridgehead atoms. The number of rotatable bonds is 9. The Labute approximate surface area is 194 Å². The number of esters is 1. The maximum Gasteiger partial charge on any atom is 0.379 e. The average molecular weight is 478 g/mol. The minimum Gasteiger partial charge on any atom is -0.487 e. The largest absolute Gasteiger partial charge is 0.487 e. The molecule has 3 aromatic rings. The number of carbonyl (C=O) groups excluding carboxylic acids is 1. The fourth-order valence-electron chi connectivity index (χ4n) is 2.52. The first-order chi connectivity index (χ1) is 14.9. The number of halogens is 3. The molecular formula is C23H18Cl2FNO3S. The van der Waals surface area contributed by atoms with Crippen LogP contribution in [0.2, 0.25) is 10.0 Å². The number of hydrogen-bond donors (Lipinski definition) is 0. The number of benzene rings is 2. The summed E-state index contributed by atoms with van der Waals surface area (Å²) in [4.78, 5) is 17.3. The van der Waals surface area contributed by atoms with Gasteiger partial charge in [0.05, 0.1) is 22.3 Å². The van der Waals surface area contributed by atoms with Crippen molar-refractivity contribution in [2.45, 2.75) is 17.1 Å². The van der Waals surface area contributed by atoms with Gasteiger partial charge in [-0.25, -0.2) is 14.2 Å². The molecule has 0 radical (unpaired) electrons. The maximum absolute atomic E-state index is 12.9. The molecule has 0 amide bonds. The summed E-state index contributed by atoms with van der Waals surface area (Å²) >= 11 is 13.8. The van der Waals surface area contributed by atoms with Gasteiger partial charge in [-0.1, -0.05) is 47.5 Å². The first-order valence-corrected chi connectivity index (χ1v) is 11.0. The van der Waals surface area contributed by atoms with E-state index in [4.69, 9.17) is 32.7 Å². The lowest BCUT2D eigenvalue weighted by atomic mass is 10.2. The van der Waals surface area contributed by atoms with Gasteiger partial charge in [-0.05, 0) is 42.5 Å². The van der Waals surface area contributed by atoms with Crippen molar-refractivity contribution in [3.63, 3.8) is 0 Å². The zero-order valence-electron chi connectivity index (χ0n) is 16.3. The quantitative estimate of drug-likeness (QED) is 0.152. The maximum atomic E-state index is 12.9. The van der Waals surface area contributed by atoms with Crippen LogP contribution in [0.1, 0.15) is 11.3 Å². The number of ether oxygens (including phenoxy) is 2. The second kappa shape index (κ2) is 11.2. The normalized spacial score (nSPS) is 10.5. The fraction of sp³-hybridized carbons (Fsp3) is 0.130. The van der Waals surface area contributed by atoms with Gasteiger partial charge >= 0.3 is 5.97 Å². The van der Waals surface area contributed by atoms with Crippen LogP contribution in [0.4, 0.5) is 4.39 Å². The molecule has 0 aliphatic rings. The molecule has 0 saturated heterocycles. The summed E-state index contributed by atoms with van der Waals surface area (Å²) in [7, 11) is 0. The van der Waals surface area contributed by atoms with E-state index < -0.39 is 5.97 Å². The van der Waals surface area contributed by atoms with E-state index in [1.165, 1.54) is 23.9 Å². The Kier molecular flexibility index (Phi) is 8.35. The standard InChI is InChI=1S/C23H18Cl2FNO3S/c1-15(29-13-12-16-8-10-17(26)11-9-16)23(28)30-21-7-2-4-18(27-21)14-31-22-19(24)5-3-6-20(22)25/h2-11H,1,12-14H2. The molecule has 0 spiro atoms. The van der Waals surface area contributed by atoms with Gasteiger partial charge in [-0.15, -0.1) is 11.8 Å². The Morgan fingerprint density at radius 3 is 2.42 bits per heavy atom. The summed E-state index contributed by atoms with van der Waals surface area (Å²) in [5.41, 5.74) is 1.57. The predicted octanol–water partition coefficient (Wildman–Crippen LogP) is 6.50. The molecule has 0 saturated carbocycles. The summed E-state index contributed by atoms with van der Waals surface area (Å²) < 4.78 is 23.5. The zero-order valence-corrected chi connectivity index (χ0v) is 18.6. The highest BCUT2D eigenvalue weighted by atomic mass is 35.5. The van der Waals surface area contributed by atoms with E-state index in [-0.39, 0.29) is 24.1 Å². The second-order valence-electron chi connectivity index (χ2n) is 6.34. The van der Waals surface area contributed by atoms with Gasteiger partial charge < -0.3 is 9.47 Å². The van der Waals surface area contributed by atoms with Crippen LogP contribution in [0.15, 0.2) is 77.9 Å². The van der Waals surface area contributed by atoms with E-state index in [1.54, 1.807) is 42.5 Å². The molecule has 1 aromatic heterocycles. The SMILES string of the molecule is C=C(OCCc1ccc(F)cc1)C(=O)Oc1cccc(CSc2c(Cl)cccc2Cl)n1. The van der Waals surface area contributed by atoms with Crippen molar-refractivity contribution in [3.05, 3.63) is 100 Å². The summed E-state index contributed by atoms with van der Waals surface area (Å²) in [6.07, 6.45) is 0.502. The molecule has 0 aliphatic heterocycles. The van der Waals surface area contributed by atoms with Crippen LogP contribution >= 0.6 is 35.0 Å². The highest BCUT2D eigenvalue weighted by Gasteiger charge is 2.13. The molecule has 0 atom stereocenters. The van der Waals surface area contributed by atoms with Crippen molar-refractivity contribution in [2.24, 2.45) is 0 Å². The van der Waals surface area contributed by atoms with Crippen molar-refractivity contribution in [1.82, 2.24) is 4.98 Å². The third kappa shape index (κ3) is 6.99. The average Bonchev–Trinajstić information content (AvgIpc) is 2.75. The Hall–Kier alpha value is -2.54. The van der Waals surface area contributed by atoms with Crippen LogP contribution in [0.5, 0.6) is 5.88 Å². The Bertz CT molecular complexity index is 1060. The molecule has 160 valence electrons. The van der Waals surface area contributed by atoms with Crippen LogP contribution in [-0.2, 0) is 21.7 Å². The van der Waals surface area contributed by atoms with Gasteiger partial charge in [-0.3, -0.25) is 0 Å². The lowest BCUT2D eigenvalue weighted by molar-refractivity contribution is -0.134. The molecule has 31 heavy (non-hydrogen) atoms. The van der Waals surface area contributed by atoms with Crippen molar-refractivity contribution in [3.8, 4) is 5.88 Å². The molecule has 2 aromatic carbocycles. The summed E-state index contributed by atoms with van der Waals surface area (Å²) in [5.74, 6) is -0.543. The first-order valence-electron chi connectivity index (χ1n) is 9.23. The van der Waals surface area contributed by atoms with Crippen LogP contribution in [-0.4, -0.2) is 17.6 Å². The summed E-state index contributed by atoms with van der Waals surface area (Å²) in [6, 6.07) is 16.5. The van der Waals surface area contributed by atoms with E-state index in [9.17, 15) is 9.18 Å². The van der Waals surface area contributed by atoms with Crippen molar-refractivity contribution in [1.29, 1.82) is 0 Å². The van der Waals surface area contributed by atoms with Crippen LogP contribution < -0.4 is 4.74 Å². The first kappa shape index (κ1) is 23.1. The molecule has 8 heteroatoms. The molecular weight excluding hydrogens is 460 g/mol. The monoisotopic (exact) mass is 477 g/mol.